The van der Waals surface area contributed by atoms with E-state index in [2.05, 4.69) is 22.1 Å². The van der Waals surface area contributed by atoms with Crippen LogP contribution in [0.2, 0.25) is 0 Å². The maximum absolute atomic E-state index is 11.1. The molecule has 0 aromatic heterocycles. The van der Waals surface area contributed by atoms with E-state index in [4.69, 9.17) is 0 Å². The molecule has 1 rings (SSSR count). The van der Waals surface area contributed by atoms with Crippen LogP contribution in [0.5, 0.6) is 0 Å². The molecule has 0 spiro atoms. The van der Waals surface area contributed by atoms with Gasteiger partial charge in [-0.25, -0.2) is 0 Å². The number of hydrogen-bond acceptors (Lipinski definition) is 5. The van der Waals surface area contributed by atoms with Crippen molar-refractivity contribution in [3.8, 4) is 0 Å². The van der Waals surface area contributed by atoms with Crippen LogP contribution < -0.4 is 0 Å². The van der Waals surface area contributed by atoms with Crippen LogP contribution in [0.15, 0.2) is 23.1 Å². The molecule has 0 amide bonds. The number of esters is 2. The predicted molar refractivity (Wildman–Crippen MR) is 65.1 cm³/mol. The zero-order valence-corrected chi connectivity index (χ0v) is 10.6. The third kappa shape index (κ3) is 4.48. The summed E-state index contributed by atoms with van der Waals surface area (Å²) in [5, 5.41) is 0. The van der Waals surface area contributed by atoms with Gasteiger partial charge in [0.15, 0.2) is 0 Å². The zero-order chi connectivity index (χ0) is 12.8. The fourth-order valence-electron chi connectivity index (χ4n) is 1.42. The second kappa shape index (κ2) is 6.30. The molecule has 92 valence electrons. The highest BCUT2D eigenvalue weighted by Gasteiger charge is 2.08. The minimum Gasteiger partial charge on any atom is -0.469 e. The largest absolute Gasteiger partial charge is 0.469 e. The molecule has 0 unspecified atom stereocenters. The van der Waals surface area contributed by atoms with Crippen LogP contribution in [0.3, 0.4) is 0 Å². The van der Waals surface area contributed by atoms with Crippen molar-refractivity contribution in [2.75, 3.05) is 14.2 Å². The van der Waals surface area contributed by atoms with Gasteiger partial charge in [-0.05, 0) is 23.3 Å². The molecule has 0 bridgehead atoms. The lowest BCUT2D eigenvalue weighted by Gasteiger charge is -2.06. The van der Waals surface area contributed by atoms with Crippen LogP contribution in [-0.4, -0.2) is 26.2 Å². The molecule has 0 fully saturated rings. The van der Waals surface area contributed by atoms with Crippen molar-refractivity contribution in [3.63, 3.8) is 0 Å². The van der Waals surface area contributed by atoms with Gasteiger partial charge < -0.3 is 9.47 Å². The molecule has 4 nitrogen and oxygen atoms in total. The molecule has 0 saturated heterocycles. The summed E-state index contributed by atoms with van der Waals surface area (Å²) in [6.45, 7) is 0. The van der Waals surface area contributed by atoms with E-state index in [-0.39, 0.29) is 24.8 Å². The Bertz CT molecular complexity index is 392. The van der Waals surface area contributed by atoms with Crippen LogP contribution in [0.4, 0.5) is 0 Å². The van der Waals surface area contributed by atoms with Crippen molar-refractivity contribution in [1.82, 2.24) is 0 Å². The number of hydrogen-bond donors (Lipinski definition) is 1. The number of carbonyl (C=O) groups is 2. The molecule has 0 N–H and O–H groups in total. The van der Waals surface area contributed by atoms with Gasteiger partial charge in [0.05, 0.1) is 27.1 Å². The van der Waals surface area contributed by atoms with Crippen molar-refractivity contribution < 1.29 is 19.1 Å². The highest BCUT2D eigenvalue weighted by molar-refractivity contribution is 7.80. The van der Waals surface area contributed by atoms with Gasteiger partial charge in [-0.3, -0.25) is 9.59 Å². The number of benzene rings is 1. The first-order valence-electron chi connectivity index (χ1n) is 5.00. The third-order valence-corrected chi connectivity index (χ3v) is 2.45. The Morgan fingerprint density at radius 1 is 1.00 bits per heavy atom. The summed E-state index contributed by atoms with van der Waals surface area (Å²) in [6.07, 6.45) is 0.331. The molecule has 0 atom stereocenters. The first-order valence-corrected chi connectivity index (χ1v) is 5.45. The van der Waals surface area contributed by atoms with Crippen LogP contribution in [0.25, 0.3) is 0 Å². The summed E-state index contributed by atoms with van der Waals surface area (Å²) in [6, 6.07) is 5.30. The minimum absolute atomic E-state index is 0.166. The number of rotatable bonds is 4. The van der Waals surface area contributed by atoms with Crippen LogP contribution in [-0.2, 0) is 31.9 Å². The maximum atomic E-state index is 11.1. The monoisotopic (exact) mass is 254 g/mol. The van der Waals surface area contributed by atoms with Gasteiger partial charge in [-0.15, -0.1) is 12.6 Å². The average Bonchev–Trinajstić information content (AvgIpc) is 2.27. The summed E-state index contributed by atoms with van der Waals surface area (Å²) < 4.78 is 9.16. The molecule has 0 aliphatic carbocycles. The van der Waals surface area contributed by atoms with Gasteiger partial charge in [-0.2, -0.15) is 0 Å². The second-order valence-electron chi connectivity index (χ2n) is 3.51. The first kappa shape index (κ1) is 13.6. The van der Waals surface area contributed by atoms with E-state index >= 15 is 0 Å². The molecule has 0 radical (unpaired) electrons. The van der Waals surface area contributed by atoms with Crippen molar-refractivity contribution in [3.05, 3.63) is 29.3 Å². The lowest BCUT2D eigenvalue weighted by atomic mass is 10.1. The van der Waals surface area contributed by atoms with E-state index in [0.717, 1.165) is 11.1 Å². The molecule has 17 heavy (non-hydrogen) atoms. The SMILES string of the molecule is COC(=O)Cc1cc(S)cc(CC(=O)OC)c1. The molecule has 0 heterocycles. The van der Waals surface area contributed by atoms with Crippen LogP contribution in [0, 0.1) is 0 Å². The molecule has 0 aliphatic heterocycles. The lowest BCUT2D eigenvalue weighted by Crippen LogP contribution is -2.07. The predicted octanol–water partition coefficient (Wildman–Crippen LogP) is 1.41. The molecule has 1 aromatic rings. The van der Waals surface area contributed by atoms with Crippen molar-refractivity contribution >= 4 is 24.6 Å². The van der Waals surface area contributed by atoms with Gasteiger partial charge in [0.25, 0.3) is 0 Å². The highest BCUT2D eigenvalue weighted by Crippen LogP contribution is 2.15. The normalized spacial score (nSPS) is 9.82. The van der Waals surface area contributed by atoms with E-state index in [1.807, 2.05) is 0 Å². The Balaban J connectivity index is 2.86. The van der Waals surface area contributed by atoms with E-state index in [1.54, 1.807) is 18.2 Å². The number of carbonyl (C=O) groups excluding carboxylic acids is 2. The second-order valence-corrected chi connectivity index (χ2v) is 4.03. The summed E-state index contributed by atoms with van der Waals surface area (Å²) in [7, 11) is 2.67. The standard InChI is InChI=1S/C12H14O4S/c1-15-11(13)6-8-3-9(5-10(17)4-8)7-12(14)16-2/h3-5,17H,6-7H2,1-2H3. The Labute approximate surface area is 105 Å². The molecular formula is C12H14O4S. The van der Waals surface area contributed by atoms with Gasteiger partial charge in [0.1, 0.15) is 0 Å². The molecule has 1 aromatic carbocycles. The zero-order valence-electron chi connectivity index (χ0n) is 9.73. The van der Waals surface area contributed by atoms with Gasteiger partial charge >= 0.3 is 11.9 Å². The fourth-order valence-corrected chi connectivity index (χ4v) is 1.76. The number of thiol groups is 1. The maximum Gasteiger partial charge on any atom is 0.309 e. The topological polar surface area (TPSA) is 52.6 Å². The Kier molecular flexibility index (Phi) is 5.03. The average molecular weight is 254 g/mol. The third-order valence-electron chi connectivity index (χ3n) is 2.19. The molecule has 5 heteroatoms. The van der Waals surface area contributed by atoms with Crippen molar-refractivity contribution in [1.29, 1.82) is 0 Å². The molecule has 0 saturated carbocycles. The van der Waals surface area contributed by atoms with Crippen molar-refractivity contribution in [2.45, 2.75) is 17.7 Å². The van der Waals surface area contributed by atoms with E-state index in [9.17, 15) is 9.59 Å². The lowest BCUT2D eigenvalue weighted by molar-refractivity contribution is -0.140. The Hall–Kier alpha value is -1.49. The van der Waals surface area contributed by atoms with Gasteiger partial charge in [0, 0.05) is 4.90 Å². The summed E-state index contributed by atoms with van der Waals surface area (Å²) in [5.41, 5.74) is 1.53. The van der Waals surface area contributed by atoms with Crippen molar-refractivity contribution in [2.24, 2.45) is 0 Å². The Morgan fingerprint density at radius 2 is 1.41 bits per heavy atom. The molecule has 0 aliphatic rings. The summed E-state index contributed by atoms with van der Waals surface area (Å²) in [5.74, 6) is -0.652. The Morgan fingerprint density at radius 3 is 1.76 bits per heavy atom. The number of ether oxygens (including phenoxy) is 2. The quantitative estimate of drug-likeness (QED) is 0.652. The number of methoxy groups -OCH3 is 2. The van der Waals surface area contributed by atoms with E-state index < -0.39 is 0 Å². The smallest absolute Gasteiger partial charge is 0.309 e. The van der Waals surface area contributed by atoms with E-state index in [0.29, 0.717) is 4.90 Å². The van der Waals surface area contributed by atoms with Crippen LogP contribution in [0.1, 0.15) is 11.1 Å². The first-order chi connectivity index (χ1) is 8.05. The fraction of sp³-hybridized carbons (Fsp3) is 0.333. The summed E-state index contributed by atoms with van der Waals surface area (Å²) >= 11 is 4.22. The van der Waals surface area contributed by atoms with Gasteiger partial charge in [-0.1, -0.05) is 6.07 Å². The van der Waals surface area contributed by atoms with Crippen LogP contribution >= 0.6 is 12.6 Å². The summed E-state index contributed by atoms with van der Waals surface area (Å²) in [4.78, 5) is 23.0. The minimum atomic E-state index is -0.326. The van der Waals surface area contributed by atoms with Gasteiger partial charge in [0.2, 0.25) is 0 Å². The molecular weight excluding hydrogens is 240 g/mol. The van der Waals surface area contributed by atoms with E-state index in [1.165, 1.54) is 14.2 Å². The highest BCUT2D eigenvalue weighted by atomic mass is 32.1.